The van der Waals surface area contributed by atoms with Crippen molar-refractivity contribution in [2.45, 2.75) is 61.7 Å². The standard InChI is InChI=1S/C23H27NO4/c1-2-11-27-23-8-7-17(26)21-22(23)9-10-24(13-14-3-4-14)18(23)12-15-5-6-16(25)20(28-21)19(15)22/h2,5-6,14,18,21,25H,1,3-4,7-13H2/t18-,21?,22+,23-/m1/s1. The number of carbonyl (C=O) groups is 1. The van der Waals surface area contributed by atoms with Crippen molar-refractivity contribution in [3.05, 3.63) is 35.9 Å². The fourth-order valence-electron chi connectivity index (χ4n) is 6.74. The van der Waals surface area contributed by atoms with Gasteiger partial charge < -0.3 is 14.6 Å². The van der Waals surface area contributed by atoms with E-state index in [-0.39, 0.29) is 17.6 Å². The van der Waals surface area contributed by atoms with Gasteiger partial charge in [0.2, 0.25) is 0 Å². The number of piperidine rings is 1. The Morgan fingerprint density at radius 1 is 1.36 bits per heavy atom. The van der Waals surface area contributed by atoms with Crippen molar-refractivity contribution in [1.29, 1.82) is 0 Å². The summed E-state index contributed by atoms with van der Waals surface area (Å²) in [7, 11) is 0. The fraction of sp³-hybridized carbons (Fsp3) is 0.609. The van der Waals surface area contributed by atoms with Gasteiger partial charge in [0.25, 0.3) is 0 Å². The van der Waals surface area contributed by atoms with Crippen LogP contribution < -0.4 is 4.74 Å². The maximum absolute atomic E-state index is 13.0. The first kappa shape index (κ1) is 17.0. The van der Waals surface area contributed by atoms with Crippen molar-refractivity contribution in [3.8, 4) is 11.5 Å². The number of aromatic hydroxyl groups is 1. The molecule has 6 rings (SSSR count). The number of hydrogen-bond acceptors (Lipinski definition) is 5. The summed E-state index contributed by atoms with van der Waals surface area (Å²) in [5.74, 6) is 1.63. The van der Waals surface area contributed by atoms with Gasteiger partial charge in [-0.3, -0.25) is 9.69 Å². The van der Waals surface area contributed by atoms with Gasteiger partial charge in [0.15, 0.2) is 23.4 Å². The third-order valence-electron chi connectivity index (χ3n) is 7.98. The van der Waals surface area contributed by atoms with Crippen molar-refractivity contribution in [2.75, 3.05) is 19.7 Å². The summed E-state index contributed by atoms with van der Waals surface area (Å²) in [5, 5.41) is 10.5. The largest absolute Gasteiger partial charge is 0.504 e. The lowest BCUT2D eigenvalue weighted by Crippen LogP contribution is -2.77. The van der Waals surface area contributed by atoms with Crippen LogP contribution in [0.25, 0.3) is 0 Å². The summed E-state index contributed by atoms with van der Waals surface area (Å²) >= 11 is 0. The molecule has 1 spiro atoms. The van der Waals surface area contributed by atoms with Crippen LogP contribution in [0, 0.1) is 5.92 Å². The van der Waals surface area contributed by atoms with E-state index in [1.165, 1.54) is 18.4 Å². The van der Waals surface area contributed by atoms with Crippen LogP contribution in [0.3, 0.4) is 0 Å². The van der Waals surface area contributed by atoms with Crippen LogP contribution in [0.15, 0.2) is 24.8 Å². The number of nitrogens with zero attached hydrogens (tertiary/aromatic N) is 1. The second kappa shape index (κ2) is 5.61. The molecule has 2 aliphatic heterocycles. The molecule has 2 heterocycles. The second-order valence-corrected chi connectivity index (χ2v) is 9.28. The van der Waals surface area contributed by atoms with Crippen molar-refractivity contribution >= 4 is 5.78 Å². The van der Waals surface area contributed by atoms with Crippen molar-refractivity contribution < 1.29 is 19.4 Å². The molecule has 148 valence electrons. The molecule has 28 heavy (non-hydrogen) atoms. The van der Waals surface area contributed by atoms with Gasteiger partial charge >= 0.3 is 0 Å². The molecule has 3 fully saturated rings. The molecule has 5 aliphatic rings. The third-order valence-corrected chi connectivity index (χ3v) is 7.98. The fourth-order valence-corrected chi connectivity index (χ4v) is 6.74. The molecule has 1 aromatic carbocycles. The molecule has 5 nitrogen and oxygen atoms in total. The first-order valence-corrected chi connectivity index (χ1v) is 10.6. The second-order valence-electron chi connectivity index (χ2n) is 9.28. The molecule has 0 radical (unpaired) electrons. The Morgan fingerprint density at radius 3 is 3.00 bits per heavy atom. The van der Waals surface area contributed by atoms with Gasteiger partial charge in [0, 0.05) is 24.6 Å². The quantitative estimate of drug-likeness (QED) is 0.795. The van der Waals surface area contributed by atoms with Gasteiger partial charge in [0.1, 0.15) is 0 Å². The summed E-state index contributed by atoms with van der Waals surface area (Å²) in [4.78, 5) is 15.7. The molecule has 1 saturated heterocycles. The molecule has 4 atom stereocenters. The topological polar surface area (TPSA) is 59.0 Å². The number of phenols is 1. The number of phenolic OH excluding ortho intramolecular Hbond substituents is 1. The highest BCUT2D eigenvalue weighted by Crippen LogP contribution is 2.66. The average molecular weight is 381 g/mol. The third kappa shape index (κ3) is 1.92. The summed E-state index contributed by atoms with van der Waals surface area (Å²) in [6, 6.07) is 4.00. The van der Waals surface area contributed by atoms with Gasteiger partial charge in [0.05, 0.1) is 17.6 Å². The Morgan fingerprint density at radius 2 is 2.21 bits per heavy atom. The number of likely N-dealkylation sites (tertiary alicyclic amines) is 1. The van der Waals surface area contributed by atoms with E-state index in [9.17, 15) is 9.90 Å². The van der Waals surface area contributed by atoms with Crippen molar-refractivity contribution in [3.63, 3.8) is 0 Å². The summed E-state index contributed by atoms with van der Waals surface area (Å²) < 4.78 is 12.9. The number of hydrogen-bond donors (Lipinski definition) is 1. The molecular formula is C23H27NO4. The highest BCUT2D eigenvalue weighted by Gasteiger charge is 2.74. The van der Waals surface area contributed by atoms with Crippen LogP contribution >= 0.6 is 0 Å². The number of rotatable bonds is 5. The molecule has 0 amide bonds. The molecule has 1 N–H and O–H groups in total. The first-order chi connectivity index (χ1) is 13.6. The molecular weight excluding hydrogens is 354 g/mol. The zero-order chi connectivity index (χ0) is 19.1. The molecule has 3 aliphatic carbocycles. The van der Waals surface area contributed by atoms with Gasteiger partial charge in [-0.15, -0.1) is 6.58 Å². The van der Waals surface area contributed by atoms with Crippen LogP contribution in [-0.2, 0) is 21.4 Å². The Labute approximate surface area is 165 Å². The molecule has 1 aromatic rings. The van der Waals surface area contributed by atoms with Crippen LogP contribution in [0.2, 0.25) is 0 Å². The molecule has 2 saturated carbocycles. The van der Waals surface area contributed by atoms with E-state index in [2.05, 4.69) is 11.5 Å². The Hall–Kier alpha value is -1.85. The zero-order valence-electron chi connectivity index (χ0n) is 16.2. The Balaban J connectivity index is 1.58. The number of benzene rings is 1. The SMILES string of the molecule is C=CCO[C@@]12CCC(=O)C3Oc4c(O)ccc5c4[C@@]31CCN(CC1CC1)[C@@H]2C5. The van der Waals surface area contributed by atoms with Crippen LogP contribution in [0.5, 0.6) is 11.5 Å². The van der Waals surface area contributed by atoms with E-state index < -0.39 is 17.1 Å². The molecule has 5 heteroatoms. The van der Waals surface area contributed by atoms with E-state index in [1.54, 1.807) is 6.07 Å². The predicted molar refractivity (Wildman–Crippen MR) is 104 cm³/mol. The monoisotopic (exact) mass is 381 g/mol. The van der Waals surface area contributed by atoms with E-state index >= 15 is 0 Å². The van der Waals surface area contributed by atoms with E-state index in [4.69, 9.17) is 9.47 Å². The van der Waals surface area contributed by atoms with Crippen LogP contribution in [-0.4, -0.2) is 53.2 Å². The first-order valence-electron chi connectivity index (χ1n) is 10.6. The normalized spacial score (nSPS) is 38.1. The minimum Gasteiger partial charge on any atom is -0.504 e. The Kier molecular flexibility index (Phi) is 3.41. The number of carbonyl (C=O) groups excluding carboxylic acids is 1. The summed E-state index contributed by atoms with van der Waals surface area (Å²) in [5.41, 5.74) is 1.32. The lowest BCUT2D eigenvalue weighted by atomic mass is 9.48. The van der Waals surface area contributed by atoms with E-state index in [0.29, 0.717) is 18.8 Å². The zero-order valence-corrected chi connectivity index (χ0v) is 16.2. The van der Waals surface area contributed by atoms with Gasteiger partial charge in [-0.05, 0) is 56.2 Å². The van der Waals surface area contributed by atoms with Crippen molar-refractivity contribution in [2.24, 2.45) is 5.92 Å². The minimum atomic E-state index is -0.543. The van der Waals surface area contributed by atoms with Crippen LogP contribution in [0.1, 0.15) is 43.2 Å². The maximum Gasteiger partial charge on any atom is 0.174 e. The molecule has 0 aromatic heterocycles. The summed E-state index contributed by atoms with van der Waals surface area (Å²) in [6.45, 7) is 6.43. The smallest absolute Gasteiger partial charge is 0.174 e. The van der Waals surface area contributed by atoms with Crippen molar-refractivity contribution in [1.82, 2.24) is 4.90 Å². The lowest BCUT2D eigenvalue weighted by Gasteiger charge is -2.64. The highest BCUT2D eigenvalue weighted by molar-refractivity contribution is 5.90. The minimum absolute atomic E-state index is 0.145. The van der Waals surface area contributed by atoms with Crippen LogP contribution in [0.4, 0.5) is 0 Å². The summed E-state index contributed by atoms with van der Waals surface area (Å²) in [6.07, 6.45) is 6.85. The lowest BCUT2D eigenvalue weighted by molar-refractivity contribution is -0.209. The number of Topliss-reactive ketones (excluding diaryl/α,β-unsaturated/α-hetero) is 1. The molecule has 2 bridgehead atoms. The number of ketones is 1. The predicted octanol–water partition coefficient (Wildman–Crippen LogP) is 2.74. The highest BCUT2D eigenvalue weighted by atomic mass is 16.5. The van der Waals surface area contributed by atoms with Gasteiger partial charge in [-0.2, -0.15) is 0 Å². The maximum atomic E-state index is 13.0. The van der Waals surface area contributed by atoms with E-state index in [1.807, 2.05) is 12.1 Å². The molecule has 1 unspecified atom stereocenters. The average Bonchev–Trinajstić information content (AvgIpc) is 3.43. The van der Waals surface area contributed by atoms with E-state index in [0.717, 1.165) is 43.8 Å². The van der Waals surface area contributed by atoms with Gasteiger partial charge in [-0.25, -0.2) is 0 Å². The Bertz CT molecular complexity index is 874. The number of ether oxygens (including phenoxy) is 2. The van der Waals surface area contributed by atoms with Gasteiger partial charge in [-0.1, -0.05) is 12.1 Å².